The Hall–Kier alpha value is -2.07. The van der Waals surface area contributed by atoms with E-state index in [2.05, 4.69) is 35.4 Å². The molecule has 0 saturated heterocycles. The van der Waals surface area contributed by atoms with Crippen LogP contribution in [0.15, 0.2) is 42.5 Å². The number of hydrogen-bond acceptors (Lipinski definition) is 4. The molecule has 0 amide bonds. The van der Waals surface area contributed by atoms with Crippen LogP contribution >= 0.6 is 11.3 Å². The summed E-state index contributed by atoms with van der Waals surface area (Å²) in [5.74, 6) is 0.852. The van der Waals surface area contributed by atoms with Crippen molar-refractivity contribution in [1.29, 1.82) is 0 Å². The summed E-state index contributed by atoms with van der Waals surface area (Å²) in [6, 6.07) is 14.2. The van der Waals surface area contributed by atoms with Crippen LogP contribution in [0.4, 0.5) is 10.8 Å². The van der Waals surface area contributed by atoms with Gasteiger partial charge in [-0.05, 0) is 43.7 Å². The lowest BCUT2D eigenvalue weighted by Gasteiger charge is -2.09. The zero-order valence-electron chi connectivity index (χ0n) is 11.5. The maximum Gasteiger partial charge on any atom is 0.188 e. The average Bonchev–Trinajstić information content (AvgIpc) is 2.82. The van der Waals surface area contributed by atoms with Gasteiger partial charge in [0.1, 0.15) is 5.75 Å². The summed E-state index contributed by atoms with van der Waals surface area (Å²) in [5, 5.41) is 4.24. The number of ether oxygens (including phenoxy) is 1. The fourth-order valence-corrected chi connectivity index (χ4v) is 2.92. The zero-order chi connectivity index (χ0) is 13.9. The standard InChI is InChI=1S/C16H16N2OS/c1-3-19-14-7-5-4-6-12(14)17-16-18-13-10-11(2)8-9-15(13)20-16/h4-10H,3H2,1-2H3,(H,17,18). The lowest BCUT2D eigenvalue weighted by molar-refractivity contribution is 0.342. The molecule has 3 rings (SSSR count). The first kappa shape index (κ1) is 12.9. The summed E-state index contributed by atoms with van der Waals surface area (Å²) in [5.41, 5.74) is 3.21. The van der Waals surface area contributed by atoms with Crippen molar-refractivity contribution in [2.75, 3.05) is 11.9 Å². The van der Waals surface area contributed by atoms with Crippen LogP contribution in [0.3, 0.4) is 0 Å². The molecule has 0 bridgehead atoms. The molecular weight excluding hydrogens is 268 g/mol. The van der Waals surface area contributed by atoms with E-state index in [0.717, 1.165) is 22.1 Å². The number of thiazole rings is 1. The molecule has 0 aliphatic heterocycles. The molecule has 2 aromatic carbocycles. The molecule has 0 aliphatic rings. The molecular formula is C16H16N2OS. The molecule has 1 aromatic heterocycles. The van der Waals surface area contributed by atoms with E-state index in [1.807, 2.05) is 31.2 Å². The van der Waals surface area contributed by atoms with Gasteiger partial charge in [-0.2, -0.15) is 0 Å². The Morgan fingerprint density at radius 1 is 1.20 bits per heavy atom. The molecule has 0 aliphatic carbocycles. The molecule has 0 atom stereocenters. The number of fused-ring (bicyclic) bond motifs is 1. The van der Waals surface area contributed by atoms with Gasteiger partial charge in [0, 0.05) is 0 Å². The van der Waals surface area contributed by atoms with E-state index in [-0.39, 0.29) is 0 Å². The third kappa shape index (κ3) is 2.60. The number of anilines is 2. The molecule has 1 heterocycles. The molecule has 0 radical (unpaired) electrons. The first-order chi connectivity index (χ1) is 9.76. The monoisotopic (exact) mass is 284 g/mol. The minimum Gasteiger partial charge on any atom is -0.492 e. The highest BCUT2D eigenvalue weighted by molar-refractivity contribution is 7.22. The van der Waals surface area contributed by atoms with Gasteiger partial charge in [0.2, 0.25) is 0 Å². The molecule has 0 unspecified atom stereocenters. The van der Waals surface area contributed by atoms with Crippen molar-refractivity contribution in [3.63, 3.8) is 0 Å². The van der Waals surface area contributed by atoms with E-state index in [1.165, 1.54) is 10.3 Å². The molecule has 1 N–H and O–H groups in total. The second-order valence-corrected chi connectivity index (χ2v) is 5.58. The predicted octanol–water partition coefficient (Wildman–Crippen LogP) is 4.75. The SMILES string of the molecule is CCOc1ccccc1Nc1nc2cc(C)ccc2s1. The number of hydrogen-bond donors (Lipinski definition) is 1. The Morgan fingerprint density at radius 2 is 2.05 bits per heavy atom. The van der Waals surface area contributed by atoms with Crippen molar-refractivity contribution in [2.45, 2.75) is 13.8 Å². The number of nitrogens with one attached hydrogen (secondary N) is 1. The molecule has 3 aromatic rings. The second-order valence-electron chi connectivity index (χ2n) is 4.54. The van der Waals surface area contributed by atoms with Gasteiger partial charge in [-0.25, -0.2) is 4.98 Å². The summed E-state index contributed by atoms with van der Waals surface area (Å²) in [6.07, 6.45) is 0. The highest BCUT2D eigenvalue weighted by atomic mass is 32.1. The number of aromatic nitrogens is 1. The Bertz CT molecular complexity index is 736. The van der Waals surface area contributed by atoms with Crippen LogP contribution in [-0.2, 0) is 0 Å². The number of benzene rings is 2. The molecule has 0 saturated carbocycles. The largest absolute Gasteiger partial charge is 0.492 e. The van der Waals surface area contributed by atoms with E-state index in [9.17, 15) is 0 Å². The van der Waals surface area contributed by atoms with Crippen LogP contribution in [0.25, 0.3) is 10.2 Å². The normalized spacial score (nSPS) is 10.7. The number of nitrogens with zero attached hydrogens (tertiary/aromatic N) is 1. The summed E-state index contributed by atoms with van der Waals surface area (Å²) in [4.78, 5) is 4.62. The van der Waals surface area contributed by atoms with Crippen LogP contribution in [0.5, 0.6) is 5.75 Å². The predicted molar refractivity (Wildman–Crippen MR) is 85.3 cm³/mol. The zero-order valence-corrected chi connectivity index (χ0v) is 12.3. The average molecular weight is 284 g/mol. The molecule has 20 heavy (non-hydrogen) atoms. The van der Waals surface area contributed by atoms with Gasteiger partial charge in [0.25, 0.3) is 0 Å². The smallest absolute Gasteiger partial charge is 0.188 e. The molecule has 3 nitrogen and oxygen atoms in total. The highest BCUT2D eigenvalue weighted by Crippen LogP contribution is 2.32. The van der Waals surface area contributed by atoms with E-state index >= 15 is 0 Å². The van der Waals surface area contributed by atoms with Crippen molar-refractivity contribution < 1.29 is 4.74 Å². The van der Waals surface area contributed by atoms with Crippen molar-refractivity contribution >= 4 is 32.4 Å². The van der Waals surface area contributed by atoms with E-state index in [4.69, 9.17) is 4.74 Å². The van der Waals surface area contributed by atoms with Crippen LogP contribution in [0.1, 0.15) is 12.5 Å². The lowest BCUT2D eigenvalue weighted by Crippen LogP contribution is -1.97. The quantitative estimate of drug-likeness (QED) is 0.751. The van der Waals surface area contributed by atoms with E-state index < -0.39 is 0 Å². The molecule has 0 spiro atoms. The van der Waals surface area contributed by atoms with E-state index in [0.29, 0.717) is 6.61 Å². The Morgan fingerprint density at radius 3 is 2.90 bits per heavy atom. The van der Waals surface area contributed by atoms with Crippen molar-refractivity contribution in [2.24, 2.45) is 0 Å². The molecule has 0 fully saturated rings. The minimum absolute atomic E-state index is 0.651. The maximum atomic E-state index is 5.62. The van der Waals surface area contributed by atoms with E-state index in [1.54, 1.807) is 11.3 Å². The Kier molecular flexibility index (Phi) is 3.56. The van der Waals surface area contributed by atoms with Gasteiger partial charge in [0.15, 0.2) is 5.13 Å². The van der Waals surface area contributed by atoms with Gasteiger partial charge in [-0.1, -0.05) is 29.5 Å². The van der Waals surface area contributed by atoms with Gasteiger partial charge in [0.05, 0.1) is 22.5 Å². The third-order valence-electron chi connectivity index (χ3n) is 2.97. The van der Waals surface area contributed by atoms with Gasteiger partial charge >= 0.3 is 0 Å². The number of rotatable bonds is 4. The summed E-state index contributed by atoms with van der Waals surface area (Å²) in [6.45, 7) is 4.71. The highest BCUT2D eigenvalue weighted by Gasteiger charge is 2.07. The number of para-hydroxylation sites is 2. The first-order valence-corrected chi connectivity index (χ1v) is 7.44. The summed E-state index contributed by atoms with van der Waals surface area (Å²) >= 11 is 1.65. The van der Waals surface area contributed by atoms with Crippen LogP contribution in [0.2, 0.25) is 0 Å². The van der Waals surface area contributed by atoms with Gasteiger partial charge in [-0.15, -0.1) is 0 Å². The molecule has 102 valence electrons. The van der Waals surface area contributed by atoms with Crippen LogP contribution in [0, 0.1) is 6.92 Å². The fourth-order valence-electron chi connectivity index (χ4n) is 2.06. The first-order valence-electron chi connectivity index (χ1n) is 6.62. The lowest BCUT2D eigenvalue weighted by atomic mass is 10.2. The molecule has 4 heteroatoms. The van der Waals surface area contributed by atoms with Crippen LogP contribution in [-0.4, -0.2) is 11.6 Å². The fraction of sp³-hybridized carbons (Fsp3) is 0.188. The third-order valence-corrected chi connectivity index (χ3v) is 3.92. The summed E-state index contributed by atoms with van der Waals surface area (Å²) < 4.78 is 6.80. The summed E-state index contributed by atoms with van der Waals surface area (Å²) in [7, 11) is 0. The Labute approximate surface area is 122 Å². The maximum absolute atomic E-state index is 5.62. The van der Waals surface area contributed by atoms with Gasteiger partial charge in [-0.3, -0.25) is 0 Å². The van der Waals surface area contributed by atoms with Crippen molar-refractivity contribution in [3.05, 3.63) is 48.0 Å². The topological polar surface area (TPSA) is 34.1 Å². The minimum atomic E-state index is 0.651. The second kappa shape index (κ2) is 5.51. The van der Waals surface area contributed by atoms with Crippen molar-refractivity contribution in [3.8, 4) is 5.75 Å². The number of aryl methyl sites for hydroxylation is 1. The van der Waals surface area contributed by atoms with Crippen molar-refractivity contribution in [1.82, 2.24) is 4.98 Å². The Balaban J connectivity index is 1.93. The van der Waals surface area contributed by atoms with Gasteiger partial charge < -0.3 is 10.1 Å². The van der Waals surface area contributed by atoms with Crippen LogP contribution < -0.4 is 10.1 Å².